The molecule has 2 saturated heterocycles. The smallest absolute Gasteiger partial charge is 0.283 e. The second-order valence-electron chi connectivity index (χ2n) is 9.40. The number of nitrogens with zero attached hydrogens (tertiary/aromatic N) is 4. The van der Waals surface area contributed by atoms with Crippen LogP contribution in [0.1, 0.15) is 41.2 Å². The number of hydrogen-bond donors (Lipinski definition) is 1. The standard InChI is InChI=1S/C26H21F2N5O2S/c1-12-17-10-19(27)18(11-22(17)35-32-12)24-23(13-3-6-21(30-2)20(28)7-13)31-25(36-24)26(34)33-15-4-5-16(33)9-14(29)8-15/h3,6-7,10-11,14-16H,4-5,8-9,29H2,1H3. The summed E-state index contributed by atoms with van der Waals surface area (Å²) >= 11 is 1.07. The summed E-state index contributed by atoms with van der Waals surface area (Å²) in [6.07, 6.45) is 3.28. The molecular formula is C26H21F2N5O2S. The van der Waals surface area contributed by atoms with Gasteiger partial charge in [0.05, 0.1) is 22.8 Å². The van der Waals surface area contributed by atoms with E-state index in [-0.39, 0.29) is 46.0 Å². The lowest BCUT2D eigenvalue weighted by molar-refractivity contribution is 0.0575. The molecule has 2 atom stereocenters. The Balaban J connectivity index is 1.50. The SMILES string of the molecule is [C-]#[N+]c1ccc(-c2nc(C(=O)N3C4CCC3CC(N)C4)sc2-c2cc3onc(C)c3cc2F)cc1F. The summed E-state index contributed by atoms with van der Waals surface area (Å²) < 4.78 is 35.3. The van der Waals surface area contributed by atoms with Crippen molar-refractivity contribution in [2.45, 2.75) is 50.7 Å². The number of halogens is 2. The van der Waals surface area contributed by atoms with Gasteiger partial charge in [0.2, 0.25) is 5.69 Å². The zero-order valence-electron chi connectivity index (χ0n) is 19.3. The van der Waals surface area contributed by atoms with Gasteiger partial charge in [-0.25, -0.2) is 18.6 Å². The molecule has 1 amide bonds. The minimum Gasteiger partial charge on any atom is -0.356 e. The Kier molecular flexibility index (Phi) is 5.35. The van der Waals surface area contributed by atoms with E-state index < -0.39 is 11.6 Å². The van der Waals surface area contributed by atoms with Crippen molar-refractivity contribution in [3.05, 3.63) is 64.1 Å². The van der Waals surface area contributed by atoms with E-state index in [0.29, 0.717) is 27.1 Å². The maximum atomic E-state index is 15.4. The van der Waals surface area contributed by atoms with Crippen LogP contribution in [0.4, 0.5) is 14.5 Å². The first-order valence-corrected chi connectivity index (χ1v) is 12.5. The van der Waals surface area contributed by atoms with Crippen molar-refractivity contribution in [2.75, 3.05) is 0 Å². The van der Waals surface area contributed by atoms with Crippen molar-refractivity contribution in [1.82, 2.24) is 15.0 Å². The average molecular weight is 506 g/mol. The van der Waals surface area contributed by atoms with Crippen molar-refractivity contribution in [2.24, 2.45) is 5.73 Å². The molecule has 2 unspecified atom stereocenters. The van der Waals surface area contributed by atoms with Crippen LogP contribution in [0.2, 0.25) is 0 Å². The summed E-state index contributed by atoms with van der Waals surface area (Å²) in [6.45, 7) is 8.84. The zero-order valence-corrected chi connectivity index (χ0v) is 20.1. The molecule has 2 aromatic carbocycles. The maximum Gasteiger partial charge on any atom is 0.283 e. The van der Waals surface area contributed by atoms with E-state index in [1.54, 1.807) is 13.0 Å². The number of hydrogen-bond acceptors (Lipinski definition) is 6. The lowest BCUT2D eigenvalue weighted by Crippen LogP contribution is -2.50. The highest BCUT2D eigenvalue weighted by molar-refractivity contribution is 7.17. The van der Waals surface area contributed by atoms with Gasteiger partial charge in [0.15, 0.2) is 10.6 Å². The van der Waals surface area contributed by atoms with Crippen LogP contribution in [-0.2, 0) is 0 Å². The Morgan fingerprint density at radius 2 is 1.94 bits per heavy atom. The van der Waals surface area contributed by atoms with Crippen molar-refractivity contribution in [3.8, 4) is 21.7 Å². The second-order valence-corrected chi connectivity index (χ2v) is 10.4. The molecule has 2 N–H and O–H groups in total. The third-order valence-corrected chi connectivity index (χ3v) is 8.22. The number of amides is 1. The fourth-order valence-electron chi connectivity index (χ4n) is 5.45. The molecule has 0 saturated carbocycles. The summed E-state index contributed by atoms with van der Waals surface area (Å²) in [5.41, 5.74) is 7.81. The molecule has 36 heavy (non-hydrogen) atoms. The monoisotopic (exact) mass is 505 g/mol. The quantitative estimate of drug-likeness (QED) is 0.353. The first kappa shape index (κ1) is 22.8. The predicted octanol–water partition coefficient (Wildman–Crippen LogP) is 5.85. The van der Waals surface area contributed by atoms with Gasteiger partial charge in [0, 0.05) is 34.6 Å². The predicted molar refractivity (Wildman–Crippen MR) is 132 cm³/mol. The number of fused-ring (bicyclic) bond motifs is 3. The molecule has 0 aliphatic carbocycles. The summed E-state index contributed by atoms with van der Waals surface area (Å²) in [5.74, 6) is -1.46. The van der Waals surface area contributed by atoms with E-state index in [0.717, 1.165) is 37.0 Å². The van der Waals surface area contributed by atoms with Gasteiger partial charge in [-0.3, -0.25) is 4.79 Å². The lowest BCUT2D eigenvalue weighted by atomic mass is 9.98. The molecule has 2 aliphatic heterocycles. The number of carbonyl (C=O) groups excluding carboxylic acids is 1. The third-order valence-electron chi connectivity index (χ3n) is 7.14. The molecule has 6 rings (SSSR count). The Morgan fingerprint density at radius 3 is 2.64 bits per heavy atom. The molecule has 2 aliphatic rings. The van der Waals surface area contributed by atoms with Crippen molar-refractivity contribution in [1.29, 1.82) is 0 Å². The molecule has 2 bridgehead atoms. The van der Waals surface area contributed by atoms with Gasteiger partial charge in [0.1, 0.15) is 11.6 Å². The van der Waals surface area contributed by atoms with E-state index in [9.17, 15) is 9.18 Å². The highest BCUT2D eigenvalue weighted by atomic mass is 32.1. The fourth-order valence-corrected chi connectivity index (χ4v) is 6.50. The van der Waals surface area contributed by atoms with Crippen LogP contribution in [-0.4, -0.2) is 39.1 Å². The van der Waals surface area contributed by atoms with Crippen LogP contribution in [0.25, 0.3) is 37.5 Å². The number of aromatic nitrogens is 2. The summed E-state index contributed by atoms with van der Waals surface area (Å²) in [4.78, 5) is 23.7. The lowest BCUT2D eigenvalue weighted by Gasteiger charge is -2.37. The molecule has 4 heterocycles. The molecule has 2 fully saturated rings. The van der Waals surface area contributed by atoms with Crippen molar-refractivity contribution in [3.63, 3.8) is 0 Å². The number of thiazole rings is 1. The van der Waals surface area contributed by atoms with Gasteiger partial charge in [-0.05, 0) is 50.8 Å². The summed E-state index contributed by atoms with van der Waals surface area (Å²) in [7, 11) is 0. The number of rotatable bonds is 3. The zero-order chi connectivity index (χ0) is 25.1. The van der Waals surface area contributed by atoms with Gasteiger partial charge in [0.25, 0.3) is 5.91 Å². The minimum atomic E-state index is -0.709. The van der Waals surface area contributed by atoms with Gasteiger partial charge in [-0.15, -0.1) is 11.3 Å². The normalized spacial score (nSPS) is 21.2. The largest absolute Gasteiger partial charge is 0.356 e. The van der Waals surface area contributed by atoms with E-state index in [4.69, 9.17) is 16.8 Å². The van der Waals surface area contributed by atoms with Crippen LogP contribution < -0.4 is 5.73 Å². The topological polar surface area (TPSA) is 89.6 Å². The Morgan fingerprint density at radius 1 is 1.19 bits per heavy atom. The van der Waals surface area contributed by atoms with Crippen LogP contribution >= 0.6 is 11.3 Å². The summed E-state index contributed by atoms with van der Waals surface area (Å²) in [6, 6.07) is 7.17. The first-order chi connectivity index (χ1) is 17.3. The molecule has 182 valence electrons. The molecule has 0 radical (unpaired) electrons. The van der Waals surface area contributed by atoms with Gasteiger partial charge in [-0.1, -0.05) is 17.3 Å². The van der Waals surface area contributed by atoms with Crippen molar-refractivity contribution < 1.29 is 18.1 Å². The number of benzene rings is 2. The maximum absolute atomic E-state index is 15.4. The molecular weight excluding hydrogens is 484 g/mol. The van der Waals surface area contributed by atoms with E-state index in [1.807, 2.05) is 4.90 Å². The Labute approximate surface area is 209 Å². The van der Waals surface area contributed by atoms with Crippen LogP contribution in [0.3, 0.4) is 0 Å². The number of carbonyl (C=O) groups is 1. The van der Waals surface area contributed by atoms with Gasteiger partial charge >= 0.3 is 0 Å². The van der Waals surface area contributed by atoms with Crippen molar-refractivity contribution >= 4 is 33.9 Å². The average Bonchev–Trinajstić information content (AvgIpc) is 3.53. The molecule has 0 spiro atoms. The second kappa shape index (κ2) is 8.47. The third kappa shape index (κ3) is 3.58. The highest BCUT2D eigenvalue weighted by Crippen LogP contribution is 2.43. The van der Waals surface area contributed by atoms with E-state index in [2.05, 4.69) is 15.0 Å². The Bertz CT molecular complexity index is 1560. The summed E-state index contributed by atoms with van der Waals surface area (Å²) in [5, 5.41) is 4.66. The molecule has 2 aromatic heterocycles. The Hall–Kier alpha value is -3.68. The molecule has 4 aromatic rings. The first-order valence-electron chi connectivity index (χ1n) is 11.7. The van der Waals surface area contributed by atoms with Gasteiger partial charge < -0.3 is 15.2 Å². The van der Waals surface area contributed by atoms with E-state index in [1.165, 1.54) is 24.3 Å². The minimum absolute atomic E-state index is 0.0581. The van der Waals surface area contributed by atoms with Crippen LogP contribution in [0.5, 0.6) is 0 Å². The van der Waals surface area contributed by atoms with Crippen LogP contribution in [0.15, 0.2) is 34.9 Å². The van der Waals surface area contributed by atoms with Crippen LogP contribution in [0, 0.1) is 25.1 Å². The molecule has 7 nitrogen and oxygen atoms in total. The number of piperidine rings is 1. The van der Waals surface area contributed by atoms with E-state index >= 15 is 4.39 Å². The fraction of sp³-hybridized carbons (Fsp3) is 0.308. The number of aryl methyl sites for hydroxylation is 1. The highest BCUT2D eigenvalue weighted by Gasteiger charge is 2.43. The number of nitrogens with two attached hydrogens (primary N) is 1. The van der Waals surface area contributed by atoms with Gasteiger partial charge in [-0.2, -0.15) is 0 Å². The molecule has 10 heteroatoms.